The van der Waals surface area contributed by atoms with E-state index < -0.39 is 10.0 Å². The Morgan fingerprint density at radius 3 is 2.35 bits per heavy atom. The molecular weight excluding hydrogens is 374 g/mol. The molecule has 0 fully saturated rings. The third-order valence-electron chi connectivity index (χ3n) is 3.86. The fourth-order valence-corrected chi connectivity index (χ4v) is 3.34. The summed E-state index contributed by atoms with van der Waals surface area (Å²) >= 11 is 5.85. The van der Waals surface area contributed by atoms with Crippen LogP contribution in [0, 0.1) is 0 Å². The molecule has 0 unspecified atom stereocenters. The van der Waals surface area contributed by atoms with E-state index in [1.165, 1.54) is 4.31 Å². The van der Waals surface area contributed by atoms with Gasteiger partial charge in [0.15, 0.2) is 0 Å². The fourth-order valence-electron chi connectivity index (χ4n) is 2.36. The molecule has 0 radical (unpaired) electrons. The summed E-state index contributed by atoms with van der Waals surface area (Å²) in [6.07, 6.45) is 5.14. The standard InChI is InChI=1S/C18H22ClN3O3S/c1-26(24,25)22(12-8-15-2-4-17(19)5-3-15)13-9-18(23)21-14-16-6-10-20-11-7-16/h2-7,10-11H,8-9,12-14H2,1H3,(H,21,23). The number of aromatic nitrogens is 1. The molecule has 6 nitrogen and oxygen atoms in total. The van der Waals surface area contributed by atoms with E-state index in [-0.39, 0.29) is 18.9 Å². The van der Waals surface area contributed by atoms with Crippen LogP contribution >= 0.6 is 11.6 Å². The van der Waals surface area contributed by atoms with Gasteiger partial charge in [-0.1, -0.05) is 23.7 Å². The molecule has 1 aromatic heterocycles. The number of sulfonamides is 1. The van der Waals surface area contributed by atoms with E-state index in [9.17, 15) is 13.2 Å². The molecule has 1 aromatic carbocycles. The van der Waals surface area contributed by atoms with Crippen molar-refractivity contribution in [3.8, 4) is 0 Å². The summed E-state index contributed by atoms with van der Waals surface area (Å²) in [5.74, 6) is -0.193. The zero-order valence-electron chi connectivity index (χ0n) is 14.6. The zero-order chi connectivity index (χ0) is 19.0. The van der Waals surface area contributed by atoms with Gasteiger partial charge in [-0.2, -0.15) is 0 Å². The molecule has 0 atom stereocenters. The number of nitrogens with zero attached hydrogens (tertiary/aromatic N) is 2. The van der Waals surface area contributed by atoms with E-state index in [4.69, 9.17) is 11.6 Å². The van der Waals surface area contributed by atoms with Crippen molar-refractivity contribution in [1.29, 1.82) is 0 Å². The molecule has 1 heterocycles. The van der Waals surface area contributed by atoms with Crippen molar-refractivity contribution in [2.45, 2.75) is 19.4 Å². The molecule has 8 heteroatoms. The predicted molar refractivity (Wildman–Crippen MR) is 102 cm³/mol. The maximum atomic E-state index is 12.0. The number of nitrogens with one attached hydrogen (secondary N) is 1. The Bertz CT molecular complexity index is 811. The topological polar surface area (TPSA) is 79.4 Å². The van der Waals surface area contributed by atoms with Crippen LogP contribution in [0.5, 0.6) is 0 Å². The molecule has 26 heavy (non-hydrogen) atoms. The van der Waals surface area contributed by atoms with Gasteiger partial charge in [0.05, 0.1) is 6.26 Å². The van der Waals surface area contributed by atoms with Gasteiger partial charge in [-0.25, -0.2) is 12.7 Å². The number of benzene rings is 1. The second-order valence-corrected chi connectivity index (χ2v) is 8.34. The van der Waals surface area contributed by atoms with Gasteiger partial charge in [-0.15, -0.1) is 0 Å². The van der Waals surface area contributed by atoms with Crippen molar-refractivity contribution in [2.75, 3.05) is 19.3 Å². The van der Waals surface area contributed by atoms with Crippen LogP contribution in [0.15, 0.2) is 48.8 Å². The summed E-state index contributed by atoms with van der Waals surface area (Å²) in [5.41, 5.74) is 1.93. The second kappa shape index (κ2) is 9.66. The highest BCUT2D eigenvalue weighted by Gasteiger charge is 2.17. The summed E-state index contributed by atoms with van der Waals surface area (Å²) in [5, 5.41) is 3.42. The average molecular weight is 396 g/mol. The minimum atomic E-state index is -3.39. The van der Waals surface area contributed by atoms with Crippen LogP contribution in [0.2, 0.25) is 5.02 Å². The first-order valence-corrected chi connectivity index (χ1v) is 10.4. The van der Waals surface area contributed by atoms with E-state index in [0.717, 1.165) is 17.4 Å². The SMILES string of the molecule is CS(=O)(=O)N(CCC(=O)NCc1ccncc1)CCc1ccc(Cl)cc1. The van der Waals surface area contributed by atoms with Crippen LogP contribution in [-0.2, 0) is 27.8 Å². The number of rotatable bonds is 9. The van der Waals surface area contributed by atoms with Crippen LogP contribution in [-0.4, -0.2) is 43.0 Å². The first kappa shape index (κ1) is 20.4. The highest BCUT2D eigenvalue weighted by molar-refractivity contribution is 7.88. The van der Waals surface area contributed by atoms with Gasteiger partial charge < -0.3 is 5.32 Å². The maximum Gasteiger partial charge on any atom is 0.221 e. The van der Waals surface area contributed by atoms with Crippen molar-refractivity contribution in [3.63, 3.8) is 0 Å². The largest absolute Gasteiger partial charge is 0.352 e. The summed E-state index contributed by atoms with van der Waals surface area (Å²) < 4.78 is 25.3. The van der Waals surface area contributed by atoms with Crippen molar-refractivity contribution >= 4 is 27.5 Å². The lowest BCUT2D eigenvalue weighted by Crippen LogP contribution is -2.35. The minimum Gasteiger partial charge on any atom is -0.352 e. The van der Waals surface area contributed by atoms with Crippen LogP contribution in [0.4, 0.5) is 0 Å². The van der Waals surface area contributed by atoms with Crippen LogP contribution in [0.1, 0.15) is 17.5 Å². The van der Waals surface area contributed by atoms with Gasteiger partial charge in [-0.3, -0.25) is 9.78 Å². The normalized spacial score (nSPS) is 11.5. The van der Waals surface area contributed by atoms with E-state index in [2.05, 4.69) is 10.3 Å². The Hall–Kier alpha value is -1.96. The fraction of sp³-hybridized carbons (Fsp3) is 0.333. The number of amides is 1. The molecule has 1 amide bonds. The van der Waals surface area contributed by atoms with Crippen molar-refractivity contribution < 1.29 is 13.2 Å². The Balaban J connectivity index is 1.83. The van der Waals surface area contributed by atoms with E-state index in [1.54, 1.807) is 24.5 Å². The molecule has 0 aliphatic heterocycles. The number of halogens is 1. The Labute approximate surface area is 159 Å². The summed E-state index contributed by atoms with van der Waals surface area (Å²) in [6.45, 7) is 0.859. The quantitative estimate of drug-likeness (QED) is 0.706. The maximum absolute atomic E-state index is 12.0. The number of carbonyl (C=O) groups is 1. The van der Waals surface area contributed by atoms with Crippen LogP contribution < -0.4 is 5.32 Å². The Morgan fingerprint density at radius 1 is 1.08 bits per heavy atom. The highest BCUT2D eigenvalue weighted by atomic mass is 35.5. The molecule has 0 spiro atoms. The van der Waals surface area contributed by atoms with Gasteiger partial charge in [0.1, 0.15) is 0 Å². The Morgan fingerprint density at radius 2 is 1.73 bits per heavy atom. The van der Waals surface area contributed by atoms with E-state index in [1.807, 2.05) is 24.3 Å². The molecule has 0 saturated carbocycles. The molecule has 140 valence electrons. The molecule has 2 rings (SSSR count). The summed E-state index contributed by atoms with van der Waals surface area (Å²) in [6, 6.07) is 10.9. The Kier molecular flexibility index (Phi) is 7.56. The van der Waals surface area contributed by atoms with Crippen molar-refractivity contribution in [2.24, 2.45) is 0 Å². The summed E-state index contributed by atoms with van der Waals surface area (Å²) in [7, 11) is -3.39. The molecular formula is C18H22ClN3O3S. The third-order valence-corrected chi connectivity index (χ3v) is 5.41. The highest BCUT2D eigenvalue weighted by Crippen LogP contribution is 2.11. The summed E-state index contributed by atoms with van der Waals surface area (Å²) in [4.78, 5) is 15.9. The van der Waals surface area contributed by atoms with Crippen LogP contribution in [0.25, 0.3) is 0 Å². The van der Waals surface area contributed by atoms with Gasteiger partial charge in [0.2, 0.25) is 15.9 Å². The molecule has 2 aromatic rings. The first-order valence-electron chi connectivity index (χ1n) is 8.20. The van der Waals surface area contributed by atoms with E-state index in [0.29, 0.717) is 24.5 Å². The molecule has 0 aliphatic rings. The molecule has 0 aliphatic carbocycles. The van der Waals surface area contributed by atoms with Gasteiger partial charge in [-0.05, 0) is 41.8 Å². The van der Waals surface area contributed by atoms with E-state index >= 15 is 0 Å². The lowest BCUT2D eigenvalue weighted by molar-refractivity contribution is -0.121. The number of pyridine rings is 1. The third kappa shape index (κ3) is 7.11. The van der Waals surface area contributed by atoms with Crippen LogP contribution in [0.3, 0.4) is 0 Å². The van der Waals surface area contributed by atoms with Crippen molar-refractivity contribution in [3.05, 3.63) is 64.9 Å². The average Bonchev–Trinajstić information content (AvgIpc) is 2.61. The first-order chi connectivity index (χ1) is 12.3. The number of hydrogen-bond donors (Lipinski definition) is 1. The minimum absolute atomic E-state index is 0.110. The molecule has 0 saturated heterocycles. The molecule has 1 N–H and O–H groups in total. The lowest BCUT2D eigenvalue weighted by atomic mass is 10.1. The van der Waals surface area contributed by atoms with Gasteiger partial charge >= 0.3 is 0 Å². The second-order valence-electron chi connectivity index (χ2n) is 5.92. The number of hydrogen-bond acceptors (Lipinski definition) is 4. The molecule has 0 bridgehead atoms. The monoisotopic (exact) mass is 395 g/mol. The smallest absolute Gasteiger partial charge is 0.221 e. The predicted octanol–water partition coefficient (Wildman–Crippen LogP) is 2.25. The van der Waals surface area contributed by atoms with Gasteiger partial charge in [0, 0.05) is 43.5 Å². The number of carbonyl (C=O) groups excluding carboxylic acids is 1. The van der Waals surface area contributed by atoms with Gasteiger partial charge in [0.25, 0.3) is 0 Å². The van der Waals surface area contributed by atoms with Crippen molar-refractivity contribution in [1.82, 2.24) is 14.6 Å². The zero-order valence-corrected chi connectivity index (χ0v) is 16.1. The lowest BCUT2D eigenvalue weighted by Gasteiger charge is -2.19.